The first-order valence-corrected chi connectivity index (χ1v) is 10.9. The highest BCUT2D eigenvalue weighted by atomic mass is 16.7. The second kappa shape index (κ2) is 10.6. The lowest BCUT2D eigenvalue weighted by molar-refractivity contribution is -0.166. The Hall–Kier alpha value is -3.47. The highest BCUT2D eigenvalue weighted by Gasteiger charge is 2.37. The Morgan fingerprint density at radius 3 is 2.32 bits per heavy atom. The van der Waals surface area contributed by atoms with Crippen molar-refractivity contribution < 1.29 is 38.5 Å². The number of carbonyl (C=O) groups excluding carboxylic acids is 2. The summed E-state index contributed by atoms with van der Waals surface area (Å²) in [6.45, 7) is 0.0666. The van der Waals surface area contributed by atoms with Gasteiger partial charge >= 0.3 is 12.1 Å². The molecule has 10 nitrogen and oxygen atoms in total. The zero-order chi connectivity index (χ0) is 24.1. The number of ether oxygens (including phenoxy) is 3. The molecule has 1 saturated heterocycles. The second-order valence-corrected chi connectivity index (χ2v) is 8.09. The van der Waals surface area contributed by atoms with E-state index in [1.54, 1.807) is 0 Å². The number of methoxy groups -OCH3 is 1. The lowest BCUT2D eigenvalue weighted by Crippen LogP contribution is -2.48. The normalized spacial score (nSPS) is 19.7. The number of carboxylic acids is 1. The third-order valence-corrected chi connectivity index (χ3v) is 5.96. The SMILES string of the molecule is COCC(ONC(=O)C1COCC1NC(=O)OCC1c2ccccc2-c2ccccc21)C(=O)O. The van der Waals surface area contributed by atoms with Crippen molar-refractivity contribution in [3.05, 3.63) is 59.7 Å². The minimum atomic E-state index is -1.36. The van der Waals surface area contributed by atoms with Gasteiger partial charge in [-0.2, -0.15) is 0 Å². The molecule has 2 aromatic rings. The van der Waals surface area contributed by atoms with Gasteiger partial charge in [0.05, 0.1) is 31.8 Å². The first-order chi connectivity index (χ1) is 16.5. The Labute approximate surface area is 196 Å². The lowest BCUT2D eigenvalue weighted by Gasteiger charge is -2.20. The highest BCUT2D eigenvalue weighted by molar-refractivity contribution is 5.81. The minimum Gasteiger partial charge on any atom is -0.479 e. The molecule has 2 aromatic carbocycles. The van der Waals surface area contributed by atoms with Gasteiger partial charge in [-0.3, -0.25) is 9.63 Å². The molecule has 2 amide bonds. The quantitative estimate of drug-likeness (QED) is 0.472. The van der Waals surface area contributed by atoms with Crippen LogP contribution in [0.25, 0.3) is 11.1 Å². The van der Waals surface area contributed by atoms with Crippen molar-refractivity contribution in [2.24, 2.45) is 5.92 Å². The predicted molar refractivity (Wildman–Crippen MR) is 119 cm³/mol. The maximum Gasteiger partial charge on any atom is 0.407 e. The molecule has 0 aromatic heterocycles. The Balaban J connectivity index is 1.32. The summed E-state index contributed by atoms with van der Waals surface area (Å²) in [5.41, 5.74) is 6.57. The molecule has 1 aliphatic heterocycles. The van der Waals surface area contributed by atoms with Crippen LogP contribution in [0.1, 0.15) is 17.0 Å². The fourth-order valence-corrected chi connectivity index (χ4v) is 4.26. The molecule has 3 unspecified atom stereocenters. The molecule has 3 N–H and O–H groups in total. The summed E-state index contributed by atoms with van der Waals surface area (Å²) >= 11 is 0. The third kappa shape index (κ3) is 5.04. The van der Waals surface area contributed by atoms with Crippen molar-refractivity contribution in [1.29, 1.82) is 0 Å². The van der Waals surface area contributed by atoms with Gasteiger partial charge in [-0.1, -0.05) is 48.5 Å². The summed E-state index contributed by atoms with van der Waals surface area (Å²) < 4.78 is 15.6. The van der Waals surface area contributed by atoms with E-state index in [0.717, 1.165) is 22.3 Å². The Morgan fingerprint density at radius 2 is 1.71 bits per heavy atom. The van der Waals surface area contributed by atoms with Gasteiger partial charge in [0, 0.05) is 13.0 Å². The van der Waals surface area contributed by atoms with Gasteiger partial charge in [0.2, 0.25) is 6.10 Å². The molecule has 4 rings (SSSR count). The van der Waals surface area contributed by atoms with Gasteiger partial charge in [-0.05, 0) is 22.3 Å². The van der Waals surface area contributed by atoms with Crippen molar-refractivity contribution >= 4 is 18.0 Å². The third-order valence-electron chi connectivity index (χ3n) is 5.96. The Bertz CT molecular complexity index is 1010. The van der Waals surface area contributed by atoms with Crippen LogP contribution in [0.5, 0.6) is 0 Å². The first kappa shape index (κ1) is 23.7. The van der Waals surface area contributed by atoms with Gasteiger partial charge in [0.1, 0.15) is 6.61 Å². The molecule has 34 heavy (non-hydrogen) atoms. The van der Waals surface area contributed by atoms with E-state index >= 15 is 0 Å². The van der Waals surface area contributed by atoms with E-state index in [1.807, 2.05) is 36.4 Å². The number of alkyl carbamates (subject to hydrolysis) is 1. The molecule has 1 aliphatic carbocycles. The standard InChI is InChI=1S/C24H26N2O8/c1-31-13-21(23(28)29)34-26-22(27)19-10-32-12-20(19)25-24(30)33-11-18-16-8-4-2-6-14(16)15-7-3-5-9-17(15)18/h2-9,18-21H,10-13H2,1H3,(H,25,30)(H,26,27)(H,28,29). The van der Waals surface area contributed by atoms with E-state index < -0.39 is 36.0 Å². The molecule has 0 saturated carbocycles. The van der Waals surface area contributed by atoms with E-state index in [-0.39, 0.29) is 32.3 Å². The summed E-state index contributed by atoms with van der Waals surface area (Å²) in [7, 11) is 1.32. The van der Waals surface area contributed by atoms with E-state index in [1.165, 1.54) is 7.11 Å². The second-order valence-electron chi connectivity index (χ2n) is 8.09. The average molecular weight is 470 g/mol. The molecule has 10 heteroatoms. The van der Waals surface area contributed by atoms with E-state index in [4.69, 9.17) is 24.2 Å². The highest BCUT2D eigenvalue weighted by Crippen LogP contribution is 2.44. The molecule has 0 spiro atoms. The van der Waals surface area contributed by atoms with Crippen molar-refractivity contribution in [2.75, 3.05) is 33.5 Å². The summed E-state index contributed by atoms with van der Waals surface area (Å²) in [6, 6.07) is 15.4. The number of hydrogen-bond donors (Lipinski definition) is 3. The van der Waals surface area contributed by atoms with Crippen LogP contribution in [0.2, 0.25) is 0 Å². The zero-order valence-electron chi connectivity index (χ0n) is 18.6. The monoisotopic (exact) mass is 470 g/mol. The van der Waals surface area contributed by atoms with Crippen LogP contribution in [0.4, 0.5) is 4.79 Å². The Morgan fingerprint density at radius 1 is 1.06 bits per heavy atom. The van der Waals surface area contributed by atoms with Crippen LogP contribution in [-0.4, -0.2) is 68.8 Å². The number of benzene rings is 2. The fourth-order valence-electron chi connectivity index (χ4n) is 4.26. The van der Waals surface area contributed by atoms with Gasteiger partial charge in [0.15, 0.2) is 0 Å². The summed E-state index contributed by atoms with van der Waals surface area (Å²) in [5.74, 6) is -2.74. The zero-order valence-corrected chi connectivity index (χ0v) is 18.6. The number of fused-ring (bicyclic) bond motifs is 3. The number of hydroxylamine groups is 1. The van der Waals surface area contributed by atoms with Crippen LogP contribution < -0.4 is 10.8 Å². The predicted octanol–water partition coefficient (Wildman–Crippen LogP) is 1.69. The van der Waals surface area contributed by atoms with Gasteiger partial charge < -0.3 is 24.6 Å². The molecule has 0 bridgehead atoms. The van der Waals surface area contributed by atoms with Gasteiger partial charge in [-0.15, -0.1) is 0 Å². The van der Waals surface area contributed by atoms with Crippen molar-refractivity contribution in [3.8, 4) is 11.1 Å². The van der Waals surface area contributed by atoms with Crippen LogP contribution >= 0.6 is 0 Å². The van der Waals surface area contributed by atoms with Crippen LogP contribution in [0.3, 0.4) is 0 Å². The maximum absolute atomic E-state index is 12.5. The van der Waals surface area contributed by atoms with Gasteiger partial charge in [0.25, 0.3) is 5.91 Å². The topological polar surface area (TPSA) is 132 Å². The molecule has 1 fully saturated rings. The average Bonchev–Trinajstić information content (AvgIpc) is 3.42. The fraction of sp³-hybridized carbons (Fsp3) is 0.375. The van der Waals surface area contributed by atoms with Crippen molar-refractivity contribution in [1.82, 2.24) is 10.8 Å². The molecule has 3 atom stereocenters. The molecule has 0 radical (unpaired) electrons. The number of aliphatic carboxylic acids is 1. The Kier molecular flexibility index (Phi) is 7.41. The number of rotatable bonds is 9. The molecular weight excluding hydrogens is 444 g/mol. The van der Waals surface area contributed by atoms with Crippen LogP contribution in [0.15, 0.2) is 48.5 Å². The number of amides is 2. The van der Waals surface area contributed by atoms with Crippen LogP contribution in [-0.2, 0) is 28.6 Å². The van der Waals surface area contributed by atoms with Crippen LogP contribution in [0, 0.1) is 5.92 Å². The molecular formula is C24H26N2O8. The van der Waals surface area contributed by atoms with E-state index in [0.29, 0.717) is 0 Å². The number of carbonyl (C=O) groups is 3. The lowest BCUT2D eigenvalue weighted by atomic mass is 9.98. The maximum atomic E-state index is 12.5. The van der Waals surface area contributed by atoms with Gasteiger partial charge in [-0.25, -0.2) is 15.1 Å². The largest absolute Gasteiger partial charge is 0.479 e. The molecule has 2 aliphatic rings. The molecule has 180 valence electrons. The smallest absolute Gasteiger partial charge is 0.407 e. The number of hydrogen-bond acceptors (Lipinski definition) is 7. The summed E-state index contributed by atoms with van der Waals surface area (Å²) in [5, 5.41) is 11.7. The molecule has 1 heterocycles. The van der Waals surface area contributed by atoms with E-state index in [9.17, 15) is 14.4 Å². The summed E-state index contributed by atoms with van der Waals surface area (Å²) in [6.07, 6.45) is -2.02. The van der Waals surface area contributed by atoms with Crippen molar-refractivity contribution in [3.63, 3.8) is 0 Å². The minimum absolute atomic E-state index is 0.0472. The summed E-state index contributed by atoms with van der Waals surface area (Å²) in [4.78, 5) is 41.1. The van der Waals surface area contributed by atoms with E-state index in [2.05, 4.69) is 22.9 Å². The number of carboxylic acid groups (broad SMARTS) is 1. The number of nitrogens with one attached hydrogen (secondary N) is 2. The first-order valence-electron chi connectivity index (χ1n) is 10.9. The van der Waals surface area contributed by atoms with Crippen molar-refractivity contribution in [2.45, 2.75) is 18.1 Å².